The number of hydrogen-bond donors (Lipinski definition) is 2. The number of nitrogens with two attached hydrogens (primary N) is 1. The zero-order chi connectivity index (χ0) is 18.5. The summed E-state index contributed by atoms with van der Waals surface area (Å²) in [5.74, 6) is 0.535. The second-order valence-electron chi connectivity index (χ2n) is 5.47. The number of aliphatic hydroxyl groups excluding tert-OH is 1. The summed E-state index contributed by atoms with van der Waals surface area (Å²) in [6.45, 7) is 0.250. The Balaban J connectivity index is 2.02. The minimum absolute atomic E-state index is 0.0827. The number of rotatable bonds is 6. The zero-order valence-electron chi connectivity index (χ0n) is 14.1. The molecule has 5 nitrogen and oxygen atoms in total. The van der Waals surface area contributed by atoms with E-state index in [1.54, 1.807) is 25.6 Å². The van der Waals surface area contributed by atoms with E-state index in [2.05, 4.69) is 9.97 Å². The van der Waals surface area contributed by atoms with Crippen molar-refractivity contribution in [2.45, 2.75) is 23.1 Å². The van der Waals surface area contributed by atoms with Gasteiger partial charge in [-0.05, 0) is 41.0 Å². The molecule has 7 heteroatoms. The van der Waals surface area contributed by atoms with Crippen LogP contribution in [-0.4, -0.2) is 22.2 Å². The average molecular weight is 388 g/mol. The second kappa shape index (κ2) is 8.51. The van der Waals surface area contributed by atoms with Gasteiger partial charge in [0.2, 0.25) is 5.88 Å². The second-order valence-corrected chi connectivity index (χ2v) is 6.87. The lowest BCUT2D eigenvalue weighted by molar-refractivity contribution is 0.278. The number of methoxy groups -OCH3 is 1. The van der Waals surface area contributed by atoms with Crippen LogP contribution in [0.2, 0.25) is 5.02 Å². The highest BCUT2D eigenvalue weighted by molar-refractivity contribution is 7.99. The smallest absolute Gasteiger partial charge is 0.213 e. The monoisotopic (exact) mass is 387 g/mol. The van der Waals surface area contributed by atoms with Gasteiger partial charge in [-0.3, -0.25) is 0 Å². The molecule has 0 saturated carbocycles. The van der Waals surface area contributed by atoms with E-state index in [9.17, 15) is 5.11 Å². The van der Waals surface area contributed by atoms with Gasteiger partial charge in [0.1, 0.15) is 5.03 Å². The first-order valence-electron chi connectivity index (χ1n) is 7.91. The first-order valence-corrected chi connectivity index (χ1v) is 9.11. The maximum Gasteiger partial charge on any atom is 0.213 e. The molecular weight excluding hydrogens is 370 g/mol. The Hall–Kier alpha value is -2.12. The van der Waals surface area contributed by atoms with E-state index in [0.717, 1.165) is 27.1 Å². The minimum Gasteiger partial charge on any atom is -0.481 e. The maximum absolute atomic E-state index is 9.51. The predicted molar refractivity (Wildman–Crippen MR) is 103 cm³/mol. The van der Waals surface area contributed by atoms with Gasteiger partial charge in [-0.2, -0.15) is 0 Å². The van der Waals surface area contributed by atoms with Crippen LogP contribution < -0.4 is 10.5 Å². The van der Waals surface area contributed by atoms with Crippen LogP contribution in [0.25, 0.3) is 11.1 Å². The standard InChI is InChI=1S/C19H18ClN3O2S/c1-25-17-9-12(4-6-22-17)14-7-15(10-21)18(16(20)8-14)26-19-13(11-24)3-2-5-23-19/h2-9,24H,10-11,21H2,1H3. The molecule has 0 atom stereocenters. The third-order valence-electron chi connectivity index (χ3n) is 3.84. The molecule has 2 heterocycles. The summed E-state index contributed by atoms with van der Waals surface area (Å²) in [5.41, 5.74) is 9.50. The van der Waals surface area contributed by atoms with Crippen LogP contribution in [0, 0.1) is 0 Å². The van der Waals surface area contributed by atoms with Crippen molar-refractivity contribution >= 4 is 23.4 Å². The quantitative estimate of drug-likeness (QED) is 0.667. The van der Waals surface area contributed by atoms with E-state index in [-0.39, 0.29) is 6.61 Å². The molecule has 3 aromatic rings. The number of aromatic nitrogens is 2. The number of halogens is 1. The summed E-state index contributed by atoms with van der Waals surface area (Å²) in [5, 5.41) is 10.8. The van der Waals surface area contributed by atoms with Gasteiger partial charge in [0.25, 0.3) is 0 Å². The van der Waals surface area contributed by atoms with E-state index in [1.807, 2.05) is 30.3 Å². The molecule has 0 radical (unpaired) electrons. The number of pyridine rings is 2. The van der Waals surface area contributed by atoms with Crippen molar-refractivity contribution in [1.82, 2.24) is 9.97 Å². The van der Waals surface area contributed by atoms with Gasteiger partial charge in [-0.15, -0.1) is 0 Å². The zero-order valence-corrected chi connectivity index (χ0v) is 15.7. The number of nitrogens with zero attached hydrogens (tertiary/aromatic N) is 2. The van der Waals surface area contributed by atoms with Gasteiger partial charge < -0.3 is 15.6 Å². The Bertz CT molecular complexity index is 921. The van der Waals surface area contributed by atoms with Crippen molar-refractivity contribution in [3.63, 3.8) is 0 Å². The molecule has 0 amide bonds. The van der Waals surface area contributed by atoms with Crippen LogP contribution in [0.4, 0.5) is 0 Å². The number of aliphatic hydroxyl groups is 1. The van der Waals surface area contributed by atoms with Crippen molar-refractivity contribution < 1.29 is 9.84 Å². The van der Waals surface area contributed by atoms with Crippen LogP contribution >= 0.6 is 23.4 Å². The fraction of sp³-hybridized carbons (Fsp3) is 0.158. The SMILES string of the molecule is COc1cc(-c2cc(Cl)c(Sc3ncccc3CO)c(CN)c2)ccn1. The summed E-state index contributed by atoms with van der Waals surface area (Å²) in [4.78, 5) is 9.31. The Kier molecular flexibility index (Phi) is 6.11. The van der Waals surface area contributed by atoms with Gasteiger partial charge in [-0.1, -0.05) is 29.4 Å². The molecule has 1 aromatic carbocycles. The number of hydrogen-bond acceptors (Lipinski definition) is 6. The lowest BCUT2D eigenvalue weighted by Crippen LogP contribution is -2.01. The molecule has 0 fully saturated rings. The highest BCUT2D eigenvalue weighted by Gasteiger charge is 2.14. The van der Waals surface area contributed by atoms with Crippen LogP contribution in [0.1, 0.15) is 11.1 Å². The number of benzene rings is 1. The van der Waals surface area contributed by atoms with Crippen molar-refractivity contribution in [2.24, 2.45) is 5.73 Å². The maximum atomic E-state index is 9.51. The third-order valence-corrected chi connectivity index (χ3v) is 5.49. The normalized spacial score (nSPS) is 10.8. The first kappa shape index (κ1) is 18.7. The number of ether oxygens (including phenoxy) is 1. The van der Waals surface area contributed by atoms with Gasteiger partial charge in [-0.25, -0.2) is 9.97 Å². The molecule has 0 aliphatic heterocycles. The van der Waals surface area contributed by atoms with E-state index in [1.165, 1.54) is 11.8 Å². The molecule has 3 N–H and O–H groups in total. The van der Waals surface area contributed by atoms with Crippen molar-refractivity contribution in [3.8, 4) is 17.0 Å². The molecule has 0 unspecified atom stereocenters. The van der Waals surface area contributed by atoms with Crippen LogP contribution in [0.5, 0.6) is 5.88 Å². The molecule has 0 aliphatic rings. The molecule has 2 aromatic heterocycles. The summed E-state index contributed by atoms with van der Waals surface area (Å²) in [6, 6.07) is 11.3. The molecule has 0 aliphatic carbocycles. The predicted octanol–water partition coefficient (Wildman–Crippen LogP) is 3.91. The van der Waals surface area contributed by atoms with E-state index < -0.39 is 0 Å². The van der Waals surface area contributed by atoms with E-state index in [0.29, 0.717) is 22.5 Å². The largest absolute Gasteiger partial charge is 0.481 e. The lowest BCUT2D eigenvalue weighted by atomic mass is 10.0. The minimum atomic E-state index is -0.0827. The highest BCUT2D eigenvalue weighted by atomic mass is 35.5. The lowest BCUT2D eigenvalue weighted by Gasteiger charge is -2.14. The highest BCUT2D eigenvalue weighted by Crippen LogP contribution is 2.39. The third kappa shape index (κ3) is 3.99. The molecular formula is C19H18ClN3O2S. The van der Waals surface area contributed by atoms with Crippen LogP contribution in [-0.2, 0) is 13.2 Å². The molecule has 3 rings (SSSR count). The summed E-state index contributed by atoms with van der Waals surface area (Å²) in [7, 11) is 1.58. The molecule has 0 spiro atoms. The first-order chi connectivity index (χ1) is 12.7. The van der Waals surface area contributed by atoms with Gasteiger partial charge in [0, 0.05) is 35.5 Å². The molecule has 26 heavy (non-hydrogen) atoms. The van der Waals surface area contributed by atoms with Crippen molar-refractivity contribution in [1.29, 1.82) is 0 Å². The van der Waals surface area contributed by atoms with E-state index in [4.69, 9.17) is 22.1 Å². The molecule has 134 valence electrons. The Morgan fingerprint density at radius 2 is 1.96 bits per heavy atom. The summed E-state index contributed by atoms with van der Waals surface area (Å²) >= 11 is 7.98. The average Bonchev–Trinajstić information content (AvgIpc) is 2.69. The fourth-order valence-corrected chi connectivity index (χ4v) is 3.87. The summed E-state index contributed by atoms with van der Waals surface area (Å²) < 4.78 is 5.19. The molecule has 0 saturated heterocycles. The van der Waals surface area contributed by atoms with Gasteiger partial charge in [0.15, 0.2) is 0 Å². The molecule has 0 bridgehead atoms. The van der Waals surface area contributed by atoms with Gasteiger partial charge >= 0.3 is 0 Å². The van der Waals surface area contributed by atoms with Crippen LogP contribution in [0.3, 0.4) is 0 Å². The van der Waals surface area contributed by atoms with E-state index >= 15 is 0 Å². The Morgan fingerprint density at radius 1 is 1.12 bits per heavy atom. The topological polar surface area (TPSA) is 81.3 Å². The Labute approximate surface area is 161 Å². The van der Waals surface area contributed by atoms with Crippen LogP contribution in [0.15, 0.2) is 58.7 Å². The van der Waals surface area contributed by atoms with Crippen molar-refractivity contribution in [3.05, 3.63) is 64.9 Å². The Morgan fingerprint density at radius 3 is 2.69 bits per heavy atom. The van der Waals surface area contributed by atoms with Crippen molar-refractivity contribution in [2.75, 3.05) is 7.11 Å². The fourth-order valence-electron chi connectivity index (χ4n) is 2.52. The summed E-state index contributed by atoms with van der Waals surface area (Å²) in [6.07, 6.45) is 3.38. The van der Waals surface area contributed by atoms with Gasteiger partial charge in [0.05, 0.1) is 18.7 Å².